The molecule has 1 rings (SSSR count). The van der Waals surface area contributed by atoms with Crippen LogP contribution in [0.4, 0.5) is 4.79 Å². The number of ether oxygens (including phenoxy) is 1. The van der Waals surface area contributed by atoms with Crippen LogP contribution in [-0.2, 0) is 9.53 Å². The van der Waals surface area contributed by atoms with Gasteiger partial charge in [-0.3, -0.25) is 4.79 Å². The maximum absolute atomic E-state index is 12.0. The number of carboxylic acid groups (broad SMARTS) is 1. The average molecular weight is 300 g/mol. The minimum Gasteiger partial charge on any atom is -0.481 e. The van der Waals surface area contributed by atoms with Gasteiger partial charge in [0.1, 0.15) is 0 Å². The Morgan fingerprint density at radius 2 is 2.19 bits per heavy atom. The molecular formula is C15H28N2O4. The summed E-state index contributed by atoms with van der Waals surface area (Å²) in [6, 6.07) is -0.0366. The molecular weight excluding hydrogens is 272 g/mol. The lowest BCUT2D eigenvalue weighted by Gasteiger charge is -2.32. The monoisotopic (exact) mass is 300 g/mol. The maximum atomic E-state index is 12.0. The quantitative estimate of drug-likeness (QED) is 0.639. The molecule has 0 aromatic rings. The summed E-state index contributed by atoms with van der Waals surface area (Å²) in [5, 5.41) is 11.6. The number of nitrogens with zero attached hydrogens (tertiary/aromatic N) is 1. The van der Waals surface area contributed by atoms with E-state index in [1.54, 1.807) is 0 Å². The van der Waals surface area contributed by atoms with Gasteiger partial charge in [0, 0.05) is 39.3 Å². The van der Waals surface area contributed by atoms with Crippen molar-refractivity contribution in [3.05, 3.63) is 0 Å². The normalized spacial score (nSPS) is 18.5. The minimum absolute atomic E-state index is 0.0366. The third kappa shape index (κ3) is 7.90. The first-order valence-corrected chi connectivity index (χ1v) is 7.95. The lowest BCUT2D eigenvalue weighted by atomic mass is 9.93. The summed E-state index contributed by atoms with van der Waals surface area (Å²) >= 11 is 0. The van der Waals surface area contributed by atoms with E-state index < -0.39 is 5.97 Å². The Morgan fingerprint density at radius 3 is 2.90 bits per heavy atom. The molecule has 0 spiro atoms. The van der Waals surface area contributed by atoms with E-state index in [4.69, 9.17) is 9.84 Å². The first-order valence-electron chi connectivity index (χ1n) is 7.95. The molecule has 0 radical (unpaired) electrons. The van der Waals surface area contributed by atoms with Gasteiger partial charge in [-0.25, -0.2) is 4.79 Å². The maximum Gasteiger partial charge on any atom is 0.317 e. The lowest BCUT2D eigenvalue weighted by Crippen LogP contribution is -2.45. The van der Waals surface area contributed by atoms with Crippen LogP contribution < -0.4 is 5.32 Å². The van der Waals surface area contributed by atoms with Gasteiger partial charge in [0.05, 0.1) is 0 Å². The van der Waals surface area contributed by atoms with Gasteiger partial charge in [0.2, 0.25) is 0 Å². The van der Waals surface area contributed by atoms with E-state index in [1.807, 2.05) is 4.90 Å². The molecule has 1 saturated heterocycles. The van der Waals surface area contributed by atoms with Crippen molar-refractivity contribution in [2.45, 2.75) is 45.4 Å². The van der Waals surface area contributed by atoms with E-state index >= 15 is 0 Å². The van der Waals surface area contributed by atoms with Crippen molar-refractivity contribution < 1.29 is 19.4 Å². The van der Waals surface area contributed by atoms with Crippen LogP contribution in [0.5, 0.6) is 0 Å². The Labute approximate surface area is 126 Å². The molecule has 1 atom stereocenters. The number of aliphatic carboxylic acids is 1. The zero-order valence-corrected chi connectivity index (χ0v) is 13.0. The highest BCUT2D eigenvalue weighted by Crippen LogP contribution is 2.20. The molecule has 122 valence electrons. The third-order valence-corrected chi connectivity index (χ3v) is 3.66. The minimum atomic E-state index is -0.761. The molecule has 6 nitrogen and oxygen atoms in total. The number of hydrogen-bond donors (Lipinski definition) is 2. The highest BCUT2D eigenvalue weighted by atomic mass is 16.5. The van der Waals surface area contributed by atoms with E-state index in [0.717, 1.165) is 38.8 Å². The number of carboxylic acids is 1. The summed E-state index contributed by atoms with van der Waals surface area (Å²) in [6.07, 6.45) is 4.65. The topological polar surface area (TPSA) is 78.9 Å². The van der Waals surface area contributed by atoms with Crippen LogP contribution in [0.2, 0.25) is 0 Å². The van der Waals surface area contributed by atoms with Crippen molar-refractivity contribution in [2.75, 3.05) is 32.8 Å². The van der Waals surface area contributed by atoms with E-state index in [1.165, 1.54) is 0 Å². The lowest BCUT2D eigenvalue weighted by molar-refractivity contribution is -0.137. The molecule has 0 aromatic heterocycles. The van der Waals surface area contributed by atoms with Gasteiger partial charge in [-0.15, -0.1) is 0 Å². The van der Waals surface area contributed by atoms with Crippen molar-refractivity contribution in [1.29, 1.82) is 0 Å². The van der Waals surface area contributed by atoms with Crippen molar-refractivity contribution >= 4 is 12.0 Å². The second kappa shape index (κ2) is 10.4. The number of urea groups is 1. The molecule has 2 amide bonds. The molecule has 0 aliphatic carbocycles. The van der Waals surface area contributed by atoms with Gasteiger partial charge in [0.25, 0.3) is 0 Å². The third-order valence-electron chi connectivity index (χ3n) is 3.66. The zero-order valence-electron chi connectivity index (χ0n) is 13.0. The molecule has 0 aromatic carbocycles. The van der Waals surface area contributed by atoms with Crippen molar-refractivity contribution in [3.8, 4) is 0 Å². The van der Waals surface area contributed by atoms with E-state index in [9.17, 15) is 9.59 Å². The second-order valence-corrected chi connectivity index (χ2v) is 5.58. The Hall–Kier alpha value is -1.30. The standard InChI is InChI=1S/C15H28N2O4/c1-2-10-21-11-4-8-16-15(20)17-9-3-5-13(12-17)6-7-14(18)19/h13H,2-12H2,1H3,(H,16,20)(H,18,19). The molecule has 6 heteroatoms. The predicted molar refractivity (Wildman–Crippen MR) is 80.3 cm³/mol. The fourth-order valence-corrected chi connectivity index (χ4v) is 2.54. The molecule has 1 unspecified atom stereocenters. The molecule has 0 saturated carbocycles. The van der Waals surface area contributed by atoms with E-state index in [2.05, 4.69) is 12.2 Å². The molecule has 1 fully saturated rings. The highest BCUT2D eigenvalue weighted by molar-refractivity contribution is 5.74. The fraction of sp³-hybridized carbons (Fsp3) is 0.867. The SMILES string of the molecule is CCCOCCCNC(=O)N1CCCC(CCC(=O)O)C1. The van der Waals surface area contributed by atoms with Gasteiger partial charge in [-0.2, -0.15) is 0 Å². The zero-order chi connectivity index (χ0) is 15.5. The van der Waals surface area contributed by atoms with Crippen LogP contribution in [0.15, 0.2) is 0 Å². The number of carbonyl (C=O) groups excluding carboxylic acids is 1. The molecule has 2 N–H and O–H groups in total. The number of hydrogen-bond acceptors (Lipinski definition) is 3. The highest BCUT2D eigenvalue weighted by Gasteiger charge is 2.23. The molecule has 0 bridgehead atoms. The van der Waals surface area contributed by atoms with Crippen LogP contribution in [-0.4, -0.2) is 54.9 Å². The van der Waals surface area contributed by atoms with Crippen LogP contribution in [0.25, 0.3) is 0 Å². The summed E-state index contributed by atoms with van der Waals surface area (Å²) in [6.45, 7) is 5.58. The predicted octanol–water partition coefficient (Wildman–Crippen LogP) is 2.09. The number of carbonyl (C=O) groups is 2. The Balaban J connectivity index is 2.16. The van der Waals surface area contributed by atoms with Crippen LogP contribution in [0.3, 0.4) is 0 Å². The van der Waals surface area contributed by atoms with Crippen molar-refractivity contribution in [3.63, 3.8) is 0 Å². The van der Waals surface area contributed by atoms with Crippen molar-refractivity contribution in [2.24, 2.45) is 5.92 Å². The van der Waals surface area contributed by atoms with Crippen molar-refractivity contribution in [1.82, 2.24) is 10.2 Å². The molecule has 21 heavy (non-hydrogen) atoms. The average Bonchev–Trinajstić information content (AvgIpc) is 2.48. The number of nitrogens with one attached hydrogen (secondary N) is 1. The second-order valence-electron chi connectivity index (χ2n) is 5.58. The number of rotatable bonds is 9. The summed E-state index contributed by atoms with van der Waals surface area (Å²) in [7, 11) is 0. The summed E-state index contributed by atoms with van der Waals surface area (Å²) in [4.78, 5) is 24.4. The van der Waals surface area contributed by atoms with Gasteiger partial charge >= 0.3 is 12.0 Å². The summed E-state index contributed by atoms with van der Waals surface area (Å²) < 4.78 is 5.36. The van der Waals surface area contributed by atoms with Gasteiger partial charge < -0.3 is 20.1 Å². The first-order chi connectivity index (χ1) is 10.1. The van der Waals surface area contributed by atoms with Crippen LogP contribution in [0, 0.1) is 5.92 Å². The first kappa shape index (κ1) is 17.8. The fourth-order valence-electron chi connectivity index (χ4n) is 2.54. The number of amides is 2. The van der Waals surface area contributed by atoms with Gasteiger partial charge in [-0.05, 0) is 38.0 Å². The van der Waals surface area contributed by atoms with Crippen LogP contribution >= 0.6 is 0 Å². The summed E-state index contributed by atoms with van der Waals surface area (Å²) in [5.41, 5.74) is 0. The number of piperidine rings is 1. The Bertz CT molecular complexity index is 323. The van der Waals surface area contributed by atoms with Gasteiger partial charge in [-0.1, -0.05) is 6.92 Å². The van der Waals surface area contributed by atoms with E-state index in [-0.39, 0.29) is 12.5 Å². The molecule has 1 aliphatic heterocycles. The smallest absolute Gasteiger partial charge is 0.317 e. The Morgan fingerprint density at radius 1 is 1.38 bits per heavy atom. The number of likely N-dealkylation sites (tertiary alicyclic amines) is 1. The molecule has 1 aliphatic rings. The summed E-state index contributed by atoms with van der Waals surface area (Å²) in [5.74, 6) is -0.447. The molecule has 1 heterocycles. The van der Waals surface area contributed by atoms with Crippen LogP contribution in [0.1, 0.15) is 45.4 Å². The largest absolute Gasteiger partial charge is 0.481 e. The van der Waals surface area contributed by atoms with E-state index in [0.29, 0.717) is 32.0 Å². The Kier molecular flexibility index (Phi) is 8.82. The van der Waals surface area contributed by atoms with Gasteiger partial charge in [0.15, 0.2) is 0 Å².